The molecule has 2 heterocycles. The molecule has 4 N–H and O–H groups in total. The van der Waals surface area contributed by atoms with Gasteiger partial charge in [0.1, 0.15) is 11.5 Å². The Balaban J connectivity index is 0.000000845. The molecule has 0 spiro atoms. The number of rotatable bonds is 0. The maximum Gasteiger partial charge on any atom is 0.180 e. The highest BCUT2D eigenvalue weighted by molar-refractivity contribution is 5.85. The lowest BCUT2D eigenvalue weighted by Gasteiger charge is -1.95. The number of hydrogen-bond acceptors (Lipinski definition) is 4. The van der Waals surface area contributed by atoms with Crippen molar-refractivity contribution in [2.75, 3.05) is 11.5 Å². The summed E-state index contributed by atoms with van der Waals surface area (Å²) in [4.78, 5) is 4.06. The van der Waals surface area contributed by atoms with Crippen LogP contribution in [0.3, 0.4) is 0 Å². The Morgan fingerprint density at radius 3 is 2.69 bits per heavy atom. The number of aryl methyl sites for hydroxylation is 1. The van der Waals surface area contributed by atoms with Crippen LogP contribution in [0.5, 0.6) is 0 Å². The number of nitrogens with zero attached hydrogens (tertiary/aromatic N) is 3. The van der Waals surface area contributed by atoms with E-state index in [0.29, 0.717) is 17.2 Å². The van der Waals surface area contributed by atoms with Gasteiger partial charge < -0.3 is 11.5 Å². The largest absolute Gasteiger partial charge is 0.394 e. The third-order valence-electron chi connectivity index (χ3n) is 1.77. The van der Waals surface area contributed by atoms with Crippen molar-refractivity contribution in [3.05, 3.63) is 18.0 Å². The monoisotopic (exact) mass is 199 g/mol. The molecule has 0 fully saturated rings. The average molecular weight is 200 g/mol. The van der Waals surface area contributed by atoms with Gasteiger partial charge in [-0.1, -0.05) is 0 Å². The fourth-order valence-electron chi connectivity index (χ4n) is 1.09. The number of fused-ring (bicyclic) bond motifs is 1. The smallest absolute Gasteiger partial charge is 0.180 e. The fraction of sp³-hybridized carbons (Fsp3) is 0.143. The molecule has 70 valence electrons. The van der Waals surface area contributed by atoms with Crippen LogP contribution in [0.4, 0.5) is 11.5 Å². The van der Waals surface area contributed by atoms with Crippen molar-refractivity contribution in [1.29, 1.82) is 0 Å². The predicted molar refractivity (Wildman–Crippen MR) is 53.8 cm³/mol. The minimum atomic E-state index is 0. The summed E-state index contributed by atoms with van der Waals surface area (Å²) < 4.78 is 1.53. The van der Waals surface area contributed by atoms with Gasteiger partial charge in [0.2, 0.25) is 0 Å². The summed E-state index contributed by atoms with van der Waals surface area (Å²) in [5, 5.41) is 4.12. The van der Waals surface area contributed by atoms with E-state index in [-0.39, 0.29) is 12.4 Å². The first kappa shape index (κ1) is 9.60. The Hall–Kier alpha value is -1.49. The normalized spacial score (nSPS) is 9.92. The Morgan fingerprint density at radius 2 is 2.08 bits per heavy atom. The zero-order valence-corrected chi connectivity index (χ0v) is 7.88. The molecule has 0 radical (unpaired) electrons. The minimum absolute atomic E-state index is 0. The first-order valence-corrected chi connectivity index (χ1v) is 3.55. The molecule has 0 aliphatic carbocycles. The molecule has 0 saturated heterocycles. The van der Waals surface area contributed by atoms with Gasteiger partial charge in [-0.25, -0.2) is 4.98 Å². The molecule has 6 heteroatoms. The van der Waals surface area contributed by atoms with Crippen molar-refractivity contribution >= 4 is 29.6 Å². The molecule has 5 nitrogen and oxygen atoms in total. The van der Waals surface area contributed by atoms with E-state index in [4.69, 9.17) is 11.5 Å². The fourth-order valence-corrected chi connectivity index (χ4v) is 1.09. The third-order valence-corrected chi connectivity index (χ3v) is 1.77. The highest BCUT2D eigenvalue weighted by Crippen LogP contribution is 2.16. The first-order valence-electron chi connectivity index (χ1n) is 3.55. The molecule has 0 atom stereocenters. The van der Waals surface area contributed by atoms with Gasteiger partial charge in [0.25, 0.3) is 0 Å². The van der Waals surface area contributed by atoms with Crippen LogP contribution in [0.25, 0.3) is 5.65 Å². The van der Waals surface area contributed by atoms with Crippen LogP contribution in [0.15, 0.2) is 12.3 Å². The van der Waals surface area contributed by atoms with Gasteiger partial charge in [-0.2, -0.15) is 9.61 Å². The van der Waals surface area contributed by atoms with E-state index in [1.54, 1.807) is 12.3 Å². The molecule has 0 aliphatic rings. The van der Waals surface area contributed by atoms with Crippen molar-refractivity contribution in [1.82, 2.24) is 14.6 Å². The number of hydrogen-bond donors (Lipinski definition) is 2. The highest BCUT2D eigenvalue weighted by Gasteiger charge is 2.07. The maximum atomic E-state index is 5.71. The SMILES string of the molecule is Cc1nn2c(N)ccnc2c1N.Cl. The van der Waals surface area contributed by atoms with Crippen molar-refractivity contribution < 1.29 is 0 Å². The Bertz CT molecular complexity index is 436. The van der Waals surface area contributed by atoms with Crippen molar-refractivity contribution in [2.45, 2.75) is 6.92 Å². The molecule has 2 aromatic heterocycles. The van der Waals surface area contributed by atoms with Gasteiger partial charge in [0.05, 0.1) is 5.69 Å². The summed E-state index contributed by atoms with van der Waals surface area (Å²) in [6, 6.07) is 1.68. The second-order valence-corrected chi connectivity index (χ2v) is 2.60. The molecule has 0 amide bonds. The topological polar surface area (TPSA) is 82.2 Å². The molecule has 2 aromatic rings. The molecule has 0 bridgehead atoms. The van der Waals surface area contributed by atoms with Crippen LogP contribution in [0.2, 0.25) is 0 Å². The summed E-state index contributed by atoms with van der Waals surface area (Å²) in [5.41, 5.74) is 13.3. The van der Waals surface area contributed by atoms with Crippen LogP contribution in [0, 0.1) is 6.92 Å². The summed E-state index contributed by atoms with van der Waals surface area (Å²) >= 11 is 0. The van der Waals surface area contributed by atoms with Gasteiger partial charge in [-0.05, 0) is 13.0 Å². The highest BCUT2D eigenvalue weighted by atomic mass is 35.5. The molecule has 0 aromatic carbocycles. The number of anilines is 2. The lowest BCUT2D eigenvalue weighted by Crippen LogP contribution is -1.99. The maximum absolute atomic E-state index is 5.71. The zero-order chi connectivity index (χ0) is 8.72. The molecule has 0 saturated carbocycles. The molecule has 0 aliphatic heterocycles. The molecular weight excluding hydrogens is 190 g/mol. The van der Waals surface area contributed by atoms with Gasteiger partial charge in [0, 0.05) is 6.20 Å². The van der Waals surface area contributed by atoms with Gasteiger partial charge in [-0.3, -0.25) is 0 Å². The van der Waals surface area contributed by atoms with Crippen molar-refractivity contribution in [2.24, 2.45) is 0 Å². The molecular formula is C7H10ClN5. The van der Waals surface area contributed by atoms with Gasteiger partial charge in [0.15, 0.2) is 5.65 Å². The first-order chi connectivity index (χ1) is 5.70. The number of halogens is 1. The van der Waals surface area contributed by atoms with E-state index in [0.717, 1.165) is 5.69 Å². The van der Waals surface area contributed by atoms with Crippen LogP contribution in [0.1, 0.15) is 5.69 Å². The Labute approximate surface area is 81.2 Å². The zero-order valence-electron chi connectivity index (χ0n) is 7.06. The predicted octanol–water partition coefficient (Wildman–Crippen LogP) is 0.624. The number of aromatic nitrogens is 3. The average Bonchev–Trinajstić information content (AvgIpc) is 2.32. The van der Waals surface area contributed by atoms with Crippen LogP contribution < -0.4 is 11.5 Å². The number of nitrogens with two attached hydrogens (primary N) is 2. The lowest BCUT2D eigenvalue weighted by atomic mass is 10.4. The summed E-state index contributed by atoms with van der Waals surface area (Å²) in [7, 11) is 0. The number of nitrogen functional groups attached to an aromatic ring is 2. The van der Waals surface area contributed by atoms with Crippen LogP contribution >= 0.6 is 12.4 Å². The molecule has 2 rings (SSSR count). The van der Waals surface area contributed by atoms with Crippen molar-refractivity contribution in [3.8, 4) is 0 Å². The lowest BCUT2D eigenvalue weighted by molar-refractivity contribution is 0.929. The van der Waals surface area contributed by atoms with Crippen LogP contribution in [-0.2, 0) is 0 Å². The Kier molecular flexibility index (Phi) is 2.29. The van der Waals surface area contributed by atoms with Gasteiger partial charge >= 0.3 is 0 Å². The summed E-state index contributed by atoms with van der Waals surface area (Å²) in [6.45, 7) is 1.82. The summed E-state index contributed by atoms with van der Waals surface area (Å²) in [6.07, 6.45) is 1.61. The van der Waals surface area contributed by atoms with E-state index in [1.807, 2.05) is 6.92 Å². The van der Waals surface area contributed by atoms with Crippen LogP contribution in [-0.4, -0.2) is 14.6 Å². The quantitative estimate of drug-likeness (QED) is 0.652. The molecule has 13 heavy (non-hydrogen) atoms. The van der Waals surface area contributed by atoms with E-state index < -0.39 is 0 Å². The van der Waals surface area contributed by atoms with E-state index in [2.05, 4.69) is 10.1 Å². The van der Waals surface area contributed by atoms with E-state index in [9.17, 15) is 0 Å². The molecule has 0 unspecified atom stereocenters. The van der Waals surface area contributed by atoms with E-state index in [1.165, 1.54) is 4.52 Å². The minimum Gasteiger partial charge on any atom is -0.394 e. The standard InChI is InChI=1S/C7H9N5.ClH/c1-4-6(9)7-10-3-2-5(8)12(7)11-4;/h2-3H,8-9H2,1H3;1H. The third kappa shape index (κ3) is 1.27. The Morgan fingerprint density at radius 1 is 1.38 bits per heavy atom. The van der Waals surface area contributed by atoms with E-state index >= 15 is 0 Å². The van der Waals surface area contributed by atoms with Gasteiger partial charge in [-0.15, -0.1) is 12.4 Å². The second kappa shape index (κ2) is 3.10. The second-order valence-electron chi connectivity index (χ2n) is 2.60. The van der Waals surface area contributed by atoms with Crippen molar-refractivity contribution in [3.63, 3.8) is 0 Å². The summed E-state index contributed by atoms with van der Waals surface area (Å²) in [5.74, 6) is 0.541.